The Bertz CT molecular complexity index is 2030. The minimum Gasteiger partial charge on any atom is -0.489 e. The molecule has 4 aliphatic rings. The van der Waals surface area contributed by atoms with Crippen LogP contribution in [0.2, 0.25) is 5.02 Å². The second kappa shape index (κ2) is 15.9. The topological polar surface area (TPSA) is 135 Å². The number of halogens is 1. The van der Waals surface area contributed by atoms with E-state index in [-0.39, 0.29) is 53.0 Å². The summed E-state index contributed by atoms with van der Waals surface area (Å²) in [5.41, 5.74) is 4.30. The number of amides is 4. The van der Waals surface area contributed by atoms with Gasteiger partial charge in [-0.05, 0) is 85.8 Å². The Kier molecular flexibility index (Phi) is 11.2. The van der Waals surface area contributed by atoms with E-state index in [1.165, 1.54) is 5.56 Å². The number of hydrogen-bond acceptors (Lipinski definition) is 8. The standard InChI is InChI=1S/C44H51ClN6O5/c1-43(2)41(44(3,4)42(43)56-33-15-13-30(26-46)35(45)25-33)48-38(53)29-11-9-28(10-12-29)8-6-5-7-19-49-20-22-50(23-21-49)32-14-16-34-31(24-32)27-51(40(34)55)36-17-18-37(52)47-39(36)54/h9-16,24-25,36,41-42H,5-8,17-23,27H2,1-4H3,(H,48,53)(H,47,52,54)/t36-,41?,42?/m0/s1. The molecule has 11 nitrogen and oxygen atoms in total. The molecule has 0 unspecified atom stereocenters. The maximum absolute atomic E-state index is 13.4. The third kappa shape index (κ3) is 7.87. The fourth-order valence-electron chi connectivity index (χ4n) is 9.46. The van der Waals surface area contributed by atoms with Gasteiger partial charge in [0.2, 0.25) is 11.8 Å². The predicted octanol–water partition coefficient (Wildman–Crippen LogP) is 6.12. The van der Waals surface area contributed by atoms with E-state index in [0.717, 1.165) is 69.7 Å². The molecule has 12 heteroatoms. The van der Waals surface area contributed by atoms with E-state index >= 15 is 0 Å². The quantitative estimate of drug-likeness (QED) is 0.166. The monoisotopic (exact) mass is 778 g/mol. The molecule has 1 saturated carbocycles. The Morgan fingerprint density at radius 2 is 1.68 bits per heavy atom. The number of carbonyl (C=O) groups excluding carboxylic acids is 4. The third-order valence-electron chi connectivity index (χ3n) is 12.3. The van der Waals surface area contributed by atoms with Gasteiger partial charge in [0.15, 0.2) is 0 Å². The first-order chi connectivity index (χ1) is 26.8. The summed E-state index contributed by atoms with van der Waals surface area (Å²) in [6.45, 7) is 13.7. The van der Waals surface area contributed by atoms with Crippen molar-refractivity contribution in [1.29, 1.82) is 5.26 Å². The minimum absolute atomic E-state index is 0.0923. The molecular weight excluding hydrogens is 728 g/mol. The average Bonchev–Trinajstić information content (AvgIpc) is 3.50. The lowest BCUT2D eigenvalue weighted by atomic mass is 9.49. The van der Waals surface area contributed by atoms with E-state index in [2.05, 4.69) is 72.4 Å². The summed E-state index contributed by atoms with van der Waals surface area (Å²) < 4.78 is 6.37. The summed E-state index contributed by atoms with van der Waals surface area (Å²) in [4.78, 5) is 56.9. The Morgan fingerprint density at radius 1 is 0.946 bits per heavy atom. The summed E-state index contributed by atoms with van der Waals surface area (Å²) >= 11 is 6.24. The first-order valence-electron chi connectivity index (χ1n) is 19.8. The van der Waals surface area contributed by atoms with Crippen molar-refractivity contribution in [2.75, 3.05) is 37.6 Å². The summed E-state index contributed by atoms with van der Waals surface area (Å²) in [6.07, 6.45) is 4.78. The van der Waals surface area contributed by atoms with Crippen LogP contribution in [0.25, 0.3) is 0 Å². The zero-order chi connectivity index (χ0) is 39.8. The van der Waals surface area contributed by atoms with Crippen LogP contribution in [0.4, 0.5) is 5.69 Å². The van der Waals surface area contributed by atoms with Crippen LogP contribution >= 0.6 is 11.6 Å². The van der Waals surface area contributed by atoms with Crippen LogP contribution in [0.1, 0.15) is 97.2 Å². The highest BCUT2D eigenvalue weighted by atomic mass is 35.5. The van der Waals surface area contributed by atoms with E-state index in [1.807, 2.05) is 24.3 Å². The van der Waals surface area contributed by atoms with Gasteiger partial charge in [0, 0.05) is 78.9 Å². The molecule has 7 rings (SSSR count). The summed E-state index contributed by atoms with van der Waals surface area (Å²) in [7, 11) is 0. The zero-order valence-electron chi connectivity index (χ0n) is 32.7. The van der Waals surface area contributed by atoms with Crippen molar-refractivity contribution in [2.45, 2.75) is 91.0 Å². The summed E-state index contributed by atoms with van der Waals surface area (Å²) in [6, 6.07) is 20.4. The number of nitrogens with one attached hydrogen (secondary N) is 2. The first-order valence-corrected chi connectivity index (χ1v) is 20.1. The number of ether oxygens (including phenoxy) is 1. The first kappa shape index (κ1) is 39.3. The van der Waals surface area contributed by atoms with Crippen LogP contribution in [0.15, 0.2) is 60.7 Å². The maximum atomic E-state index is 13.4. The van der Waals surface area contributed by atoms with E-state index in [9.17, 15) is 24.4 Å². The lowest BCUT2D eigenvalue weighted by Gasteiger charge is -2.63. The van der Waals surface area contributed by atoms with Crippen molar-refractivity contribution in [2.24, 2.45) is 10.8 Å². The summed E-state index contributed by atoms with van der Waals surface area (Å²) in [5.74, 6) is -0.291. The number of unbranched alkanes of at least 4 members (excludes halogenated alkanes) is 2. The second-order valence-electron chi connectivity index (χ2n) is 16.9. The Morgan fingerprint density at radius 3 is 2.36 bits per heavy atom. The number of nitrogens with zero attached hydrogens (tertiary/aromatic N) is 4. The molecule has 3 heterocycles. The van der Waals surface area contributed by atoms with Crippen molar-refractivity contribution in [3.8, 4) is 11.8 Å². The molecular formula is C44H51ClN6O5. The molecule has 3 fully saturated rings. The molecule has 294 valence electrons. The van der Waals surface area contributed by atoms with Gasteiger partial charge in [-0.2, -0.15) is 5.26 Å². The number of piperidine rings is 1. The molecule has 3 aromatic carbocycles. The molecule has 1 aliphatic carbocycles. The molecule has 0 bridgehead atoms. The smallest absolute Gasteiger partial charge is 0.255 e. The predicted molar refractivity (Wildman–Crippen MR) is 215 cm³/mol. The van der Waals surface area contributed by atoms with Crippen LogP contribution < -0.4 is 20.3 Å². The van der Waals surface area contributed by atoms with Gasteiger partial charge in [-0.15, -0.1) is 0 Å². The Balaban J connectivity index is 0.810. The number of benzene rings is 3. The molecule has 3 aromatic rings. The van der Waals surface area contributed by atoms with Crippen molar-refractivity contribution in [3.05, 3.63) is 93.5 Å². The molecule has 56 heavy (non-hydrogen) atoms. The highest BCUT2D eigenvalue weighted by Gasteiger charge is 2.64. The van der Waals surface area contributed by atoms with Crippen LogP contribution in [0, 0.1) is 22.2 Å². The molecule has 2 saturated heterocycles. The number of aryl methyl sites for hydroxylation is 1. The summed E-state index contributed by atoms with van der Waals surface area (Å²) in [5, 5.41) is 15.2. The molecule has 3 aliphatic heterocycles. The molecule has 1 atom stereocenters. The SMILES string of the molecule is CC1(C)C(NC(=O)c2ccc(CCCCCN3CCN(c4ccc5c(c4)CN([C@H]4CCC(=O)NC4=O)C5=O)CC3)cc2)C(C)(C)C1Oc1ccc(C#N)c(Cl)c1. The van der Waals surface area contributed by atoms with Crippen molar-refractivity contribution in [1.82, 2.24) is 20.4 Å². The van der Waals surface area contributed by atoms with Gasteiger partial charge < -0.3 is 19.9 Å². The Labute approximate surface area is 334 Å². The number of fused-ring (bicyclic) bond motifs is 1. The normalized spacial score (nSPS) is 22.9. The number of nitriles is 1. The number of anilines is 1. The van der Waals surface area contributed by atoms with Crippen molar-refractivity contribution < 1.29 is 23.9 Å². The zero-order valence-corrected chi connectivity index (χ0v) is 33.5. The van der Waals surface area contributed by atoms with Crippen molar-refractivity contribution in [3.63, 3.8) is 0 Å². The molecule has 0 aromatic heterocycles. The molecule has 2 N–H and O–H groups in total. The largest absolute Gasteiger partial charge is 0.489 e. The van der Waals surface area contributed by atoms with Gasteiger partial charge in [-0.25, -0.2) is 0 Å². The Hall–Kier alpha value is -4.92. The average molecular weight is 779 g/mol. The van der Waals surface area contributed by atoms with E-state index < -0.39 is 6.04 Å². The van der Waals surface area contributed by atoms with Crippen LogP contribution in [0.5, 0.6) is 5.75 Å². The number of piperazine rings is 1. The lowest BCUT2D eigenvalue weighted by molar-refractivity contribution is -0.164. The van der Waals surface area contributed by atoms with Gasteiger partial charge in [0.1, 0.15) is 24.0 Å². The third-order valence-corrected chi connectivity index (χ3v) is 12.6. The molecule has 4 amide bonds. The minimum atomic E-state index is -0.599. The van der Waals surface area contributed by atoms with E-state index in [0.29, 0.717) is 40.4 Å². The highest BCUT2D eigenvalue weighted by Crippen LogP contribution is 2.55. The maximum Gasteiger partial charge on any atom is 0.255 e. The second-order valence-corrected chi connectivity index (χ2v) is 17.3. The molecule has 0 radical (unpaired) electrons. The highest BCUT2D eigenvalue weighted by molar-refractivity contribution is 6.31. The van der Waals surface area contributed by atoms with E-state index in [1.54, 1.807) is 23.1 Å². The van der Waals surface area contributed by atoms with Crippen LogP contribution in [0.3, 0.4) is 0 Å². The fourth-order valence-corrected chi connectivity index (χ4v) is 9.67. The number of carbonyl (C=O) groups is 4. The van der Waals surface area contributed by atoms with Crippen LogP contribution in [-0.2, 0) is 22.6 Å². The van der Waals surface area contributed by atoms with Gasteiger partial charge in [-0.3, -0.25) is 29.4 Å². The van der Waals surface area contributed by atoms with Gasteiger partial charge >= 0.3 is 0 Å². The number of imide groups is 1. The van der Waals surface area contributed by atoms with E-state index in [4.69, 9.17) is 16.3 Å². The fraction of sp³-hybridized carbons (Fsp3) is 0.477. The van der Waals surface area contributed by atoms with Gasteiger partial charge in [0.05, 0.1) is 10.6 Å². The number of hydrogen-bond donors (Lipinski definition) is 2. The molecule has 0 spiro atoms. The van der Waals surface area contributed by atoms with Gasteiger partial charge in [-0.1, -0.05) is 57.8 Å². The van der Waals surface area contributed by atoms with Gasteiger partial charge in [0.25, 0.3) is 11.8 Å². The van der Waals surface area contributed by atoms with Crippen molar-refractivity contribution >= 4 is 40.9 Å². The number of rotatable bonds is 12. The van der Waals surface area contributed by atoms with Crippen LogP contribution in [-0.4, -0.2) is 84.3 Å². The lowest BCUT2D eigenvalue weighted by Crippen LogP contribution is -2.74.